The number of esters is 1. The zero-order valence-corrected chi connectivity index (χ0v) is 19.4. The van der Waals surface area contributed by atoms with E-state index in [-0.39, 0.29) is 17.9 Å². The summed E-state index contributed by atoms with van der Waals surface area (Å²) in [4.78, 5) is 28.9. The number of aromatic nitrogens is 1. The molecular formula is C26H29F2N3O3. The van der Waals surface area contributed by atoms with Crippen LogP contribution in [0.25, 0.3) is 10.9 Å². The molecule has 1 aliphatic heterocycles. The zero-order chi connectivity index (χ0) is 24.2. The molecule has 1 aliphatic rings. The topological polar surface area (TPSA) is 74.4 Å². The fraction of sp³-hybridized carbons (Fsp3) is 0.385. The average Bonchev–Trinajstić information content (AvgIpc) is 3.33. The number of aromatic amines is 1. The van der Waals surface area contributed by atoms with Crippen molar-refractivity contribution in [2.75, 3.05) is 20.2 Å². The molecule has 2 aromatic carbocycles. The Morgan fingerprint density at radius 3 is 2.74 bits per heavy atom. The number of fused-ring (bicyclic) bond motifs is 1. The van der Waals surface area contributed by atoms with Gasteiger partial charge in [0.1, 0.15) is 11.6 Å². The van der Waals surface area contributed by atoms with Crippen LogP contribution in [-0.2, 0) is 22.5 Å². The van der Waals surface area contributed by atoms with Crippen LogP contribution in [0.5, 0.6) is 0 Å². The minimum atomic E-state index is -0.606. The predicted octanol–water partition coefficient (Wildman–Crippen LogP) is 4.25. The molecule has 180 valence electrons. The number of hydrogen-bond acceptors (Lipinski definition) is 4. The third-order valence-electron chi connectivity index (χ3n) is 6.56. The van der Waals surface area contributed by atoms with E-state index in [1.807, 2.05) is 24.0 Å². The van der Waals surface area contributed by atoms with E-state index >= 15 is 0 Å². The van der Waals surface area contributed by atoms with Crippen LogP contribution in [0.3, 0.4) is 0 Å². The monoisotopic (exact) mass is 469 g/mol. The normalized spacial score (nSPS) is 15.9. The van der Waals surface area contributed by atoms with Gasteiger partial charge in [-0.15, -0.1) is 0 Å². The first kappa shape index (κ1) is 23.9. The minimum Gasteiger partial charge on any atom is -0.465 e. The van der Waals surface area contributed by atoms with E-state index in [4.69, 9.17) is 4.74 Å². The number of aryl methyl sites for hydroxylation is 1. The lowest BCUT2D eigenvalue weighted by Gasteiger charge is -2.25. The average molecular weight is 470 g/mol. The van der Waals surface area contributed by atoms with Crippen molar-refractivity contribution in [3.8, 4) is 0 Å². The highest BCUT2D eigenvalue weighted by molar-refractivity contribution is 5.89. The van der Waals surface area contributed by atoms with Gasteiger partial charge in [-0.05, 0) is 62.1 Å². The number of benzene rings is 2. The maximum absolute atomic E-state index is 14.1. The van der Waals surface area contributed by atoms with Crippen molar-refractivity contribution in [3.05, 3.63) is 70.4 Å². The van der Waals surface area contributed by atoms with E-state index in [0.717, 1.165) is 42.3 Å². The second-order valence-electron chi connectivity index (χ2n) is 8.72. The molecule has 1 aromatic heterocycles. The van der Waals surface area contributed by atoms with E-state index in [0.29, 0.717) is 42.4 Å². The number of methoxy groups -OCH3 is 1. The number of likely N-dealkylation sites (tertiary alicyclic amines) is 1. The highest BCUT2D eigenvalue weighted by Crippen LogP contribution is 2.28. The van der Waals surface area contributed by atoms with Gasteiger partial charge in [0.05, 0.1) is 18.2 Å². The minimum absolute atomic E-state index is 0.123. The van der Waals surface area contributed by atoms with Gasteiger partial charge >= 0.3 is 5.97 Å². The van der Waals surface area contributed by atoms with Gasteiger partial charge in [0.2, 0.25) is 5.91 Å². The van der Waals surface area contributed by atoms with Crippen LogP contribution in [0, 0.1) is 18.6 Å². The quantitative estimate of drug-likeness (QED) is 0.363. The van der Waals surface area contributed by atoms with E-state index in [2.05, 4.69) is 10.3 Å². The third kappa shape index (κ3) is 5.12. The Labute approximate surface area is 197 Å². The molecule has 6 nitrogen and oxygen atoms in total. The van der Waals surface area contributed by atoms with E-state index in [9.17, 15) is 18.4 Å². The lowest BCUT2D eigenvalue weighted by Crippen LogP contribution is -2.36. The van der Waals surface area contributed by atoms with Crippen molar-refractivity contribution in [2.45, 2.75) is 45.2 Å². The summed E-state index contributed by atoms with van der Waals surface area (Å²) in [7, 11) is 1.36. The zero-order valence-electron chi connectivity index (χ0n) is 19.4. The van der Waals surface area contributed by atoms with Crippen molar-refractivity contribution >= 4 is 22.8 Å². The van der Waals surface area contributed by atoms with Gasteiger partial charge in [0.15, 0.2) is 0 Å². The number of carbonyl (C=O) groups excluding carboxylic acids is 2. The summed E-state index contributed by atoms with van der Waals surface area (Å²) >= 11 is 0. The molecule has 0 bridgehead atoms. The summed E-state index contributed by atoms with van der Waals surface area (Å²) in [5, 5.41) is 3.94. The van der Waals surface area contributed by atoms with Crippen molar-refractivity contribution in [1.29, 1.82) is 0 Å². The van der Waals surface area contributed by atoms with Crippen LogP contribution in [0.4, 0.5) is 8.78 Å². The van der Waals surface area contributed by atoms with E-state index in [1.54, 1.807) is 12.1 Å². The molecule has 4 rings (SSSR count). The highest BCUT2D eigenvalue weighted by atomic mass is 19.1. The maximum Gasteiger partial charge on any atom is 0.337 e. The molecule has 2 heterocycles. The Morgan fingerprint density at radius 1 is 1.24 bits per heavy atom. The molecule has 0 unspecified atom stereocenters. The molecule has 34 heavy (non-hydrogen) atoms. The molecule has 1 atom stereocenters. The van der Waals surface area contributed by atoms with Gasteiger partial charge in [-0.2, -0.15) is 0 Å². The highest BCUT2D eigenvalue weighted by Gasteiger charge is 2.30. The summed E-state index contributed by atoms with van der Waals surface area (Å²) in [6.45, 7) is 3.77. The third-order valence-corrected chi connectivity index (χ3v) is 6.56. The maximum atomic E-state index is 14.1. The molecule has 0 aliphatic carbocycles. The first-order chi connectivity index (χ1) is 16.4. The number of carbonyl (C=O) groups is 2. The number of amides is 1. The second kappa shape index (κ2) is 10.3. The van der Waals surface area contributed by atoms with Crippen molar-refractivity contribution in [1.82, 2.24) is 15.2 Å². The Bertz CT molecular complexity index is 1190. The Kier molecular flexibility index (Phi) is 7.26. The molecule has 0 saturated carbocycles. The molecule has 1 amide bonds. The molecular weight excluding hydrogens is 440 g/mol. The number of nitrogens with zero attached hydrogens (tertiary/aromatic N) is 1. The number of H-pyrrole nitrogens is 1. The summed E-state index contributed by atoms with van der Waals surface area (Å²) in [5.41, 5.74) is 3.52. The Hall–Kier alpha value is -3.26. The van der Waals surface area contributed by atoms with Gasteiger partial charge in [0.25, 0.3) is 0 Å². The molecule has 1 fully saturated rings. The number of rotatable bonds is 9. The second-order valence-corrected chi connectivity index (χ2v) is 8.72. The smallest absolute Gasteiger partial charge is 0.337 e. The number of hydrogen-bond donors (Lipinski definition) is 2. The molecule has 1 saturated heterocycles. The van der Waals surface area contributed by atoms with Crippen molar-refractivity contribution < 1.29 is 23.1 Å². The van der Waals surface area contributed by atoms with E-state index < -0.39 is 11.6 Å². The number of halogens is 2. The fourth-order valence-electron chi connectivity index (χ4n) is 4.74. The summed E-state index contributed by atoms with van der Waals surface area (Å²) in [5.74, 6) is -1.45. The van der Waals surface area contributed by atoms with Crippen LogP contribution in [0.1, 0.15) is 46.4 Å². The molecule has 0 radical (unpaired) electrons. The Morgan fingerprint density at radius 2 is 2.00 bits per heavy atom. The standard InChI is InChI=1S/C26H29F2N3O3/c1-16-21(22-13-19(27)14-23(28)25(22)30-16)10-12-31-20(7-8-24(31)32)9-11-29-15-17-3-5-18(6-4-17)26(33)34-2/h3-6,13-14,20,29-30H,7-12,15H2,1-2H3/t20-/m0/s1. The van der Waals surface area contributed by atoms with Crippen LogP contribution >= 0.6 is 0 Å². The number of ether oxygens (including phenoxy) is 1. The van der Waals surface area contributed by atoms with Gasteiger partial charge < -0.3 is 19.9 Å². The van der Waals surface area contributed by atoms with Gasteiger partial charge in [-0.25, -0.2) is 13.6 Å². The fourth-order valence-corrected chi connectivity index (χ4v) is 4.74. The summed E-state index contributed by atoms with van der Waals surface area (Å²) in [6.07, 6.45) is 2.69. The lowest BCUT2D eigenvalue weighted by atomic mass is 10.1. The summed E-state index contributed by atoms with van der Waals surface area (Å²) < 4.78 is 32.6. The SMILES string of the molecule is COC(=O)c1ccc(CNCC[C@@H]2CCC(=O)N2CCc2c(C)[nH]c3c(F)cc(F)cc23)cc1. The van der Waals surface area contributed by atoms with Crippen LogP contribution < -0.4 is 5.32 Å². The predicted molar refractivity (Wildman–Crippen MR) is 125 cm³/mol. The van der Waals surface area contributed by atoms with Crippen LogP contribution in [-0.4, -0.2) is 48.0 Å². The van der Waals surface area contributed by atoms with Gasteiger partial charge in [-0.1, -0.05) is 12.1 Å². The van der Waals surface area contributed by atoms with Gasteiger partial charge in [-0.3, -0.25) is 4.79 Å². The van der Waals surface area contributed by atoms with Crippen molar-refractivity contribution in [3.63, 3.8) is 0 Å². The molecule has 8 heteroatoms. The van der Waals surface area contributed by atoms with Crippen LogP contribution in [0.2, 0.25) is 0 Å². The largest absolute Gasteiger partial charge is 0.465 e. The van der Waals surface area contributed by atoms with Crippen molar-refractivity contribution in [2.24, 2.45) is 0 Å². The molecule has 0 spiro atoms. The summed E-state index contributed by atoms with van der Waals surface area (Å²) in [6, 6.07) is 9.63. The lowest BCUT2D eigenvalue weighted by molar-refractivity contribution is -0.129. The Balaban J connectivity index is 1.31. The van der Waals surface area contributed by atoms with E-state index in [1.165, 1.54) is 13.2 Å². The first-order valence-electron chi connectivity index (χ1n) is 11.5. The number of nitrogens with one attached hydrogen (secondary N) is 2. The first-order valence-corrected chi connectivity index (χ1v) is 11.5. The van der Waals surface area contributed by atoms with Gasteiger partial charge in [0, 0.05) is 42.7 Å². The van der Waals surface area contributed by atoms with Crippen LogP contribution in [0.15, 0.2) is 36.4 Å². The molecule has 3 aromatic rings. The molecule has 2 N–H and O–H groups in total.